The Morgan fingerprint density at radius 2 is 2.17 bits per heavy atom. The molecule has 1 atom stereocenters. The molecule has 4 nitrogen and oxygen atoms in total. The van der Waals surface area contributed by atoms with Crippen LogP contribution < -0.4 is 16.2 Å². The van der Waals surface area contributed by atoms with Gasteiger partial charge in [-0.05, 0) is 35.7 Å². The van der Waals surface area contributed by atoms with E-state index >= 15 is 0 Å². The highest BCUT2D eigenvalue weighted by atomic mass is 16.5. The standard InChI is InChI=1S/C14H17N3O/c1-18-12-4-2-3-10(7-12)14(16)8-11-9-17-6-5-13(11)15/h2-7,9,14H,8,16H2,1H3,(H2,15,17). The molecule has 4 heteroatoms. The van der Waals surface area contributed by atoms with Crippen LogP contribution in [0, 0.1) is 0 Å². The highest BCUT2D eigenvalue weighted by molar-refractivity contribution is 5.45. The minimum absolute atomic E-state index is 0.119. The van der Waals surface area contributed by atoms with E-state index in [0.29, 0.717) is 6.42 Å². The maximum atomic E-state index is 6.18. The predicted octanol–water partition coefficient (Wildman–Crippen LogP) is 1.91. The number of benzene rings is 1. The maximum absolute atomic E-state index is 6.18. The first-order chi connectivity index (χ1) is 8.70. The fourth-order valence-electron chi connectivity index (χ4n) is 1.84. The van der Waals surface area contributed by atoms with Crippen LogP contribution in [0.2, 0.25) is 0 Å². The van der Waals surface area contributed by atoms with Crippen LogP contribution >= 0.6 is 0 Å². The topological polar surface area (TPSA) is 74.2 Å². The van der Waals surface area contributed by atoms with Crippen LogP contribution in [0.25, 0.3) is 0 Å². The number of nitrogens with two attached hydrogens (primary N) is 2. The molecule has 0 spiro atoms. The lowest BCUT2D eigenvalue weighted by atomic mass is 10.00. The van der Waals surface area contributed by atoms with E-state index in [1.807, 2.05) is 24.3 Å². The number of methoxy groups -OCH3 is 1. The maximum Gasteiger partial charge on any atom is 0.119 e. The van der Waals surface area contributed by atoms with E-state index in [1.54, 1.807) is 25.6 Å². The van der Waals surface area contributed by atoms with Gasteiger partial charge >= 0.3 is 0 Å². The number of pyridine rings is 1. The first-order valence-corrected chi connectivity index (χ1v) is 5.78. The van der Waals surface area contributed by atoms with Gasteiger partial charge in [-0.1, -0.05) is 12.1 Å². The van der Waals surface area contributed by atoms with Crippen molar-refractivity contribution in [1.29, 1.82) is 0 Å². The molecule has 1 aromatic carbocycles. The van der Waals surface area contributed by atoms with Crippen molar-refractivity contribution in [3.63, 3.8) is 0 Å². The van der Waals surface area contributed by atoms with Crippen molar-refractivity contribution in [2.24, 2.45) is 5.73 Å². The summed E-state index contributed by atoms with van der Waals surface area (Å²) in [6.07, 6.45) is 4.10. The Balaban J connectivity index is 2.16. The molecule has 0 radical (unpaired) electrons. The van der Waals surface area contributed by atoms with Gasteiger partial charge in [0.25, 0.3) is 0 Å². The summed E-state index contributed by atoms with van der Waals surface area (Å²) >= 11 is 0. The van der Waals surface area contributed by atoms with E-state index in [0.717, 1.165) is 22.6 Å². The summed E-state index contributed by atoms with van der Waals surface area (Å²) in [6.45, 7) is 0. The number of aromatic nitrogens is 1. The lowest BCUT2D eigenvalue weighted by molar-refractivity contribution is 0.414. The zero-order valence-corrected chi connectivity index (χ0v) is 10.3. The molecular weight excluding hydrogens is 226 g/mol. The Hall–Kier alpha value is -2.07. The molecule has 0 aliphatic heterocycles. The monoisotopic (exact) mass is 243 g/mol. The second-order valence-corrected chi connectivity index (χ2v) is 4.16. The average Bonchev–Trinajstić information content (AvgIpc) is 2.41. The minimum atomic E-state index is -0.119. The van der Waals surface area contributed by atoms with Crippen molar-refractivity contribution in [2.45, 2.75) is 12.5 Å². The van der Waals surface area contributed by atoms with Gasteiger partial charge in [0.2, 0.25) is 0 Å². The molecule has 1 unspecified atom stereocenters. The van der Waals surface area contributed by atoms with Gasteiger partial charge < -0.3 is 16.2 Å². The second kappa shape index (κ2) is 5.51. The highest BCUT2D eigenvalue weighted by Gasteiger charge is 2.10. The van der Waals surface area contributed by atoms with E-state index in [9.17, 15) is 0 Å². The van der Waals surface area contributed by atoms with Crippen molar-refractivity contribution in [3.8, 4) is 5.75 Å². The van der Waals surface area contributed by atoms with Gasteiger partial charge in [-0.3, -0.25) is 4.98 Å². The number of anilines is 1. The first-order valence-electron chi connectivity index (χ1n) is 5.78. The molecule has 18 heavy (non-hydrogen) atoms. The molecule has 0 aliphatic carbocycles. The lowest BCUT2D eigenvalue weighted by Crippen LogP contribution is -2.14. The van der Waals surface area contributed by atoms with Crippen molar-refractivity contribution < 1.29 is 4.74 Å². The number of nitrogens with zero attached hydrogens (tertiary/aromatic N) is 1. The molecule has 0 aliphatic rings. The minimum Gasteiger partial charge on any atom is -0.497 e. The molecule has 0 saturated carbocycles. The van der Waals surface area contributed by atoms with Crippen LogP contribution in [-0.2, 0) is 6.42 Å². The Morgan fingerprint density at radius 1 is 1.33 bits per heavy atom. The summed E-state index contributed by atoms with van der Waals surface area (Å²) in [6, 6.07) is 9.42. The van der Waals surface area contributed by atoms with Crippen molar-refractivity contribution in [1.82, 2.24) is 4.98 Å². The smallest absolute Gasteiger partial charge is 0.119 e. The molecule has 2 rings (SSSR count). The number of hydrogen-bond donors (Lipinski definition) is 2. The van der Waals surface area contributed by atoms with Crippen molar-refractivity contribution in [2.75, 3.05) is 12.8 Å². The zero-order valence-electron chi connectivity index (χ0n) is 10.3. The molecule has 1 heterocycles. The van der Waals surface area contributed by atoms with Gasteiger partial charge in [0.1, 0.15) is 5.75 Å². The van der Waals surface area contributed by atoms with Crippen molar-refractivity contribution in [3.05, 3.63) is 53.9 Å². The van der Waals surface area contributed by atoms with Gasteiger partial charge in [-0.25, -0.2) is 0 Å². The molecule has 1 aromatic heterocycles. The van der Waals surface area contributed by atoms with Crippen LogP contribution in [0.4, 0.5) is 5.69 Å². The van der Waals surface area contributed by atoms with E-state index in [4.69, 9.17) is 16.2 Å². The van der Waals surface area contributed by atoms with Crippen LogP contribution in [-0.4, -0.2) is 12.1 Å². The third kappa shape index (κ3) is 2.78. The number of nitrogen functional groups attached to an aromatic ring is 1. The number of hydrogen-bond acceptors (Lipinski definition) is 4. The van der Waals surface area contributed by atoms with E-state index in [2.05, 4.69) is 4.98 Å². The van der Waals surface area contributed by atoms with Crippen LogP contribution in [0.5, 0.6) is 5.75 Å². The van der Waals surface area contributed by atoms with Gasteiger partial charge in [-0.2, -0.15) is 0 Å². The average molecular weight is 243 g/mol. The molecule has 0 fully saturated rings. The number of rotatable bonds is 4. The lowest BCUT2D eigenvalue weighted by Gasteiger charge is -2.14. The quantitative estimate of drug-likeness (QED) is 0.860. The van der Waals surface area contributed by atoms with Gasteiger partial charge in [-0.15, -0.1) is 0 Å². The summed E-state index contributed by atoms with van der Waals surface area (Å²) in [4.78, 5) is 4.07. The zero-order chi connectivity index (χ0) is 13.0. The second-order valence-electron chi connectivity index (χ2n) is 4.16. The Labute approximate surface area is 107 Å². The highest BCUT2D eigenvalue weighted by Crippen LogP contribution is 2.22. The number of ether oxygens (including phenoxy) is 1. The summed E-state index contributed by atoms with van der Waals surface area (Å²) in [5.74, 6) is 0.808. The van der Waals surface area contributed by atoms with Gasteiger partial charge in [0.05, 0.1) is 7.11 Å². The van der Waals surface area contributed by atoms with Crippen molar-refractivity contribution >= 4 is 5.69 Å². The summed E-state index contributed by atoms with van der Waals surface area (Å²) in [7, 11) is 1.64. The third-order valence-corrected chi connectivity index (χ3v) is 2.90. The molecule has 2 aromatic rings. The largest absolute Gasteiger partial charge is 0.497 e. The SMILES string of the molecule is COc1cccc(C(N)Cc2cnccc2N)c1. The summed E-state index contributed by atoms with van der Waals surface area (Å²) < 4.78 is 5.19. The predicted molar refractivity (Wildman–Crippen MR) is 72.3 cm³/mol. The third-order valence-electron chi connectivity index (χ3n) is 2.90. The normalized spacial score (nSPS) is 12.1. The Bertz CT molecular complexity index is 528. The first kappa shape index (κ1) is 12.4. The Kier molecular flexibility index (Phi) is 3.79. The van der Waals surface area contributed by atoms with E-state index < -0.39 is 0 Å². The molecular formula is C14H17N3O. The summed E-state index contributed by atoms with van der Waals surface area (Å²) in [5, 5.41) is 0. The molecule has 94 valence electrons. The van der Waals surface area contributed by atoms with Crippen LogP contribution in [0.15, 0.2) is 42.7 Å². The molecule has 0 amide bonds. The van der Waals surface area contributed by atoms with E-state index in [-0.39, 0.29) is 6.04 Å². The molecule has 0 saturated heterocycles. The molecule has 0 bridgehead atoms. The van der Waals surface area contributed by atoms with E-state index in [1.165, 1.54) is 0 Å². The summed E-state index contributed by atoms with van der Waals surface area (Å²) in [5.41, 5.74) is 14.8. The Morgan fingerprint density at radius 3 is 2.89 bits per heavy atom. The van der Waals surface area contributed by atoms with Gasteiger partial charge in [0, 0.05) is 24.1 Å². The van der Waals surface area contributed by atoms with Gasteiger partial charge in [0.15, 0.2) is 0 Å². The van der Waals surface area contributed by atoms with Crippen LogP contribution in [0.1, 0.15) is 17.2 Å². The fraction of sp³-hybridized carbons (Fsp3) is 0.214. The van der Waals surface area contributed by atoms with Crippen LogP contribution in [0.3, 0.4) is 0 Å². The fourth-order valence-corrected chi connectivity index (χ4v) is 1.84. The molecule has 4 N–H and O–H groups in total.